The van der Waals surface area contributed by atoms with Gasteiger partial charge in [-0.3, -0.25) is 9.59 Å². The SMILES string of the molecule is CCCC(C)(NC(=O)C1CC(=O)N(C)C1)C(=O)OC. The number of ether oxygens (including phenoxy) is 1. The molecular weight excluding hydrogens is 248 g/mol. The smallest absolute Gasteiger partial charge is 0.331 e. The molecule has 19 heavy (non-hydrogen) atoms. The van der Waals surface area contributed by atoms with Crippen molar-refractivity contribution in [2.45, 2.75) is 38.6 Å². The van der Waals surface area contributed by atoms with Crippen LogP contribution in [0.2, 0.25) is 0 Å². The predicted molar refractivity (Wildman–Crippen MR) is 69.2 cm³/mol. The minimum Gasteiger partial charge on any atom is -0.467 e. The van der Waals surface area contributed by atoms with Gasteiger partial charge in [0.15, 0.2) is 0 Å². The fraction of sp³-hybridized carbons (Fsp3) is 0.769. The molecule has 0 aromatic heterocycles. The number of hydrogen-bond donors (Lipinski definition) is 1. The summed E-state index contributed by atoms with van der Waals surface area (Å²) < 4.78 is 4.74. The Morgan fingerprint density at radius 3 is 2.58 bits per heavy atom. The Hall–Kier alpha value is -1.59. The van der Waals surface area contributed by atoms with E-state index in [1.807, 2.05) is 6.92 Å². The first kappa shape index (κ1) is 15.5. The Balaban J connectivity index is 2.72. The monoisotopic (exact) mass is 270 g/mol. The van der Waals surface area contributed by atoms with E-state index in [9.17, 15) is 14.4 Å². The maximum Gasteiger partial charge on any atom is 0.331 e. The lowest BCUT2D eigenvalue weighted by Crippen LogP contribution is -2.54. The summed E-state index contributed by atoms with van der Waals surface area (Å²) in [6.07, 6.45) is 1.45. The second-order valence-electron chi connectivity index (χ2n) is 5.24. The van der Waals surface area contributed by atoms with Gasteiger partial charge >= 0.3 is 5.97 Å². The van der Waals surface area contributed by atoms with Crippen molar-refractivity contribution in [3.63, 3.8) is 0 Å². The van der Waals surface area contributed by atoms with E-state index in [0.29, 0.717) is 13.0 Å². The summed E-state index contributed by atoms with van der Waals surface area (Å²) in [6.45, 7) is 3.98. The molecule has 0 bridgehead atoms. The van der Waals surface area contributed by atoms with Crippen molar-refractivity contribution in [2.75, 3.05) is 20.7 Å². The lowest BCUT2D eigenvalue weighted by molar-refractivity contribution is -0.151. The van der Waals surface area contributed by atoms with E-state index in [1.54, 1.807) is 14.0 Å². The Bertz CT molecular complexity index is 383. The topological polar surface area (TPSA) is 75.7 Å². The number of hydrogen-bond acceptors (Lipinski definition) is 4. The van der Waals surface area contributed by atoms with E-state index in [2.05, 4.69) is 5.32 Å². The van der Waals surface area contributed by atoms with E-state index in [1.165, 1.54) is 12.0 Å². The zero-order valence-electron chi connectivity index (χ0n) is 12.0. The van der Waals surface area contributed by atoms with Crippen LogP contribution in [0, 0.1) is 5.92 Å². The molecule has 1 N–H and O–H groups in total. The normalized spacial score (nSPS) is 22.0. The molecule has 108 valence electrons. The number of nitrogens with zero attached hydrogens (tertiary/aromatic N) is 1. The standard InChI is InChI=1S/C13H22N2O4/c1-5-6-13(2,12(18)19-4)14-11(17)9-7-10(16)15(3)8-9/h9H,5-8H2,1-4H3,(H,14,17). The molecule has 1 aliphatic rings. The van der Waals surface area contributed by atoms with Gasteiger partial charge in [-0.1, -0.05) is 13.3 Å². The molecule has 0 aromatic rings. The zero-order valence-corrected chi connectivity index (χ0v) is 12.0. The summed E-state index contributed by atoms with van der Waals surface area (Å²) >= 11 is 0. The van der Waals surface area contributed by atoms with E-state index >= 15 is 0 Å². The van der Waals surface area contributed by atoms with Crippen molar-refractivity contribution in [2.24, 2.45) is 5.92 Å². The van der Waals surface area contributed by atoms with Gasteiger partial charge < -0.3 is 15.0 Å². The summed E-state index contributed by atoms with van der Waals surface area (Å²) in [5.41, 5.74) is -1.02. The highest BCUT2D eigenvalue weighted by Crippen LogP contribution is 2.20. The molecule has 1 fully saturated rings. The van der Waals surface area contributed by atoms with Gasteiger partial charge in [0, 0.05) is 20.0 Å². The first-order valence-electron chi connectivity index (χ1n) is 6.48. The fourth-order valence-corrected chi connectivity index (χ4v) is 2.35. The molecule has 2 unspecified atom stereocenters. The third kappa shape index (κ3) is 3.45. The average molecular weight is 270 g/mol. The number of likely N-dealkylation sites (tertiary alicyclic amines) is 1. The van der Waals surface area contributed by atoms with Gasteiger partial charge in [0.1, 0.15) is 5.54 Å². The molecule has 0 radical (unpaired) electrons. The van der Waals surface area contributed by atoms with Crippen molar-refractivity contribution < 1.29 is 19.1 Å². The summed E-state index contributed by atoms with van der Waals surface area (Å²) in [5.74, 6) is -1.16. The minimum atomic E-state index is -1.02. The molecule has 1 aliphatic heterocycles. The van der Waals surface area contributed by atoms with Gasteiger partial charge in [0.05, 0.1) is 13.0 Å². The number of methoxy groups -OCH3 is 1. The molecular formula is C13H22N2O4. The highest BCUT2D eigenvalue weighted by molar-refractivity contribution is 5.92. The molecule has 1 rings (SSSR count). The number of carbonyl (C=O) groups is 3. The van der Waals surface area contributed by atoms with Crippen molar-refractivity contribution in [1.82, 2.24) is 10.2 Å². The quantitative estimate of drug-likeness (QED) is 0.730. The second kappa shape index (κ2) is 6.04. The van der Waals surface area contributed by atoms with Crippen LogP contribution >= 0.6 is 0 Å². The lowest BCUT2D eigenvalue weighted by atomic mass is 9.94. The van der Waals surface area contributed by atoms with Gasteiger partial charge in [-0.15, -0.1) is 0 Å². The summed E-state index contributed by atoms with van der Waals surface area (Å²) in [4.78, 5) is 36.9. The maximum atomic E-state index is 12.1. The van der Waals surface area contributed by atoms with Crippen LogP contribution in [0.5, 0.6) is 0 Å². The summed E-state index contributed by atoms with van der Waals surface area (Å²) in [6, 6.07) is 0. The van der Waals surface area contributed by atoms with Gasteiger partial charge in [-0.05, 0) is 13.3 Å². The molecule has 0 aromatic carbocycles. The molecule has 2 amide bonds. The first-order chi connectivity index (χ1) is 8.84. The molecule has 0 saturated carbocycles. The van der Waals surface area contributed by atoms with Crippen LogP contribution in [-0.2, 0) is 19.1 Å². The molecule has 0 spiro atoms. The van der Waals surface area contributed by atoms with Crippen LogP contribution in [-0.4, -0.2) is 48.9 Å². The van der Waals surface area contributed by atoms with Gasteiger partial charge in [-0.25, -0.2) is 4.79 Å². The maximum absolute atomic E-state index is 12.1. The highest BCUT2D eigenvalue weighted by Gasteiger charge is 2.39. The van der Waals surface area contributed by atoms with Crippen LogP contribution in [0.4, 0.5) is 0 Å². The Kier molecular flexibility index (Phi) is 4.91. The van der Waals surface area contributed by atoms with Crippen molar-refractivity contribution in [3.8, 4) is 0 Å². The molecule has 1 heterocycles. The molecule has 6 heteroatoms. The van der Waals surface area contributed by atoms with Crippen LogP contribution < -0.4 is 5.32 Å². The van der Waals surface area contributed by atoms with Crippen LogP contribution in [0.3, 0.4) is 0 Å². The number of rotatable bonds is 5. The number of carbonyl (C=O) groups excluding carboxylic acids is 3. The molecule has 0 aliphatic carbocycles. The fourth-order valence-electron chi connectivity index (χ4n) is 2.35. The number of nitrogens with one attached hydrogen (secondary N) is 1. The molecule has 2 atom stereocenters. The van der Waals surface area contributed by atoms with Gasteiger partial charge in [0.25, 0.3) is 0 Å². The zero-order chi connectivity index (χ0) is 14.6. The largest absolute Gasteiger partial charge is 0.467 e. The highest BCUT2D eigenvalue weighted by atomic mass is 16.5. The van der Waals surface area contributed by atoms with E-state index < -0.39 is 17.4 Å². The first-order valence-corrected chi connectivity index (χ1v) is 6.48. The average Bonchev–Trinajstić information content (AvgIpc) is 2.69. The van der Waals surface area contributed by atoms with Crippen LogP contribution in [0.1, 0.15) is 33.1 Å². The molecule has 6 nitrogen and oxygen atoms in total. The van der Waals surface area contributed by atoms with Crippen molar-refractivity contribution in [1.29, 1.82) is 0 Å². The summed E-state index contributed by atoms with van der Waals surface area (Å²) in [5, 5.41) is 2.74. The van der Waals surface area contributed by atoms with Gasteiger partial charge in [0.2, 0.25) is 11.8 Å². The van der Waals surface area contributed by atoms with Crippen LogP contribution in [0.25, 0.3) is 0 Å². The number of amides is 2. The third-order valence-electron chi connectivity index (χ3n) is 3.50. The van der Waals surface area contributed by atoms with E-state index in [4.69, 9.17) is 4.74 Å². The summed E-state index contributed by atoms with van der Waals surface area (Å²) in [7, 11) is 2.97. The Morgan fingerprint density at radius 2 is 2.16 bits per heavy atom. The predicted octanol–water partition coefficient (Wildman–Crippen LogP) is 0.313. The molecule has 1 saturated heterocycles. The van der Waals surface area contributed by atoms with Crippen LogP contribution in [0.15, 0.2) is 0 Å². The number of esters is 1. The third-order valence-corrected chi connectivity index (χ3v) is 3.50. The van der Waals surface area contributed by atoms with Gasteiger partial charge in [-0.2, -0.15) is 0 Å². The minimum absolute atomic E-state index is 0.0459. The van der Waals surface area contributed by atoms with Crippen molar-refractivity contribution in [3.05, 3.63) is 0 Å². The van der Waals surface area contributed by atoms with E-state index in [0.717, 1.165) is 6.42 Å². The van der Waals surface area contributed by atoms with E-state index in [-0.39, 0.29) is 18.2 Å². The second-order valence-corrected chi connectivity index (χ2v) is 5.24. The van der Waals surface area contributed by atoms with Crippen molar-refractivity contribution >= 4 is 17.8 Å². The lowest BCUT2D eigenvalue weighted by Gasteiger charge is -2.28. The Labute approximate surface area is 113 Å². The Morgan fingerprint density at radius 1 is 1.53 bits per heavy atom.